The van der Waals surface area contributed by atoms with Gasteiger partial charge in [-0.2, -0.15) is 0 Å². The number of hydrogen-bond acceptors (Lipinski definition) is 11. The van der Waals surface area contributed by atoms with Crippen LogP contribution in [0.1, 0.15) is 85.0 Å². The molecule has 0 radical (unpaired) electrons. The summed E-state index contributed by atoms with van der Waals surface area (Å²) in [5, 5.41) is 94.8. The fraction of sp³-hybridized carbons (Fsp3) is 0.686. The highest BCUT2D eigenvalue weighted by molar-refractivity contribution is 5.74. The Morgan fingerprint density at radius 3 is 1.74 bits per heavy atom. The highest BCUT2D eigenvalue weighted by Gasteiger charge is 2.37. The molecule has 11 nitrogen and oxygen atoms in total. The molecule has 0 aliphatic carbocycles. The Morgan fingerprint density at radius 1 is 0.717 bits per heavy atom. The van der Waals surface area contributed by atoms with Gasteiger partial charge in [-0.1, -0.05) is 80.9 Å². The van der Waals surface area contributed by atoms with E-state index in [0.717, 1.165) is 12.8 Å². The van der Waals surface area contributed by atoms with Crippen LogP contribution < -0.4 is 0 Å². The largest absolute Gasteiger partial charge is 0.459 e. The second-order valence-corrected chi connectivity index (χ2v) is 12.4. The molecule has 0 aromatic rings. The van der Waals surface area contributed by atoms with Crippen LogP contribution in [0.3, 0.4) is 0 Å². The van der Waals surface area contributed by atoms with E-state index in [4.69, 9.17) is 4.74 Å². The predicted octanol–water partition coefficient (Wildman–Crippen LogP) is 1.89. The van der Waals surface area contributed by atoms with Crippen LogP contribution in [0, 0.1) is 5.92 Å². The number of carbonyl (C=O) groups excluding carboxylic acids is 1. The van der Waals surface area contributed by atoms with Crippen LogP contribution >= 0.6 is 0 Å². The van der Waals surface area contributed by atoms with Gasteiger partial charge >= 0.3 is 5.97 Å². The van der Waals surface area contributed by atoms with Crippen LogP contribution in [0.25, 0.3) is 0 Å². The minimum atomic E-state index is -1.52. The molecule has 0 spiro atoms. The summed E-state index contributed by atoms with van der Waals surface area (Å²) in [5.41, 5.74) is 0.609. The molecule has 9 N–H and O–H groups in total. The van der Waals surface area contributed by atoms with Crippen molar-refractivity contribution in [3.8, 4) is 0 Å². The molecule has 1 aliphatic heterocycles. The second-order valence-electron chi connectivity index (χ2n) is 12.4. The van der Waals surface area contributed by atoms with Crippen molar-refractivity contribution in [2.45, 2.75) is 146 Å². The molecule has 264 valence electrons. The van der Waals surface area contributed by atoms with Crippen molar-refractivity contribution in [3.63, 3.8) is 0 Å². The van der Waals surface area contributed by atoms with Crippen molar-refractivity contribution >= 4 is 5.97 Å². The molecule has 0 fully saturated rings. The van der Waals surface area contributed by atoms with Crippen molar-refractivity contribution in [2.24, 2.45) is 5.92 Å². The van der Waals surface area contributed by atoms with Crippen LogP contribution in [0.4, 0.5) is 0 Å². The van der Waals surface area contributed by atoms with E-state index in [0.29, 0.717) is 12.0 Å². The normalized spacial score (nSPS) is 38.6. The molecular formula is C35H58O11. The van der Waals surface area contributed by atoms with Gasteiger partial charge < -0.3 is 50.7 Å². The third-order valence-electron chi connectivity index (χ3n) is 8.03. The van der Waals surface area contributed by atoms with Crippen LogP contribution in [0.5, 0.6) is 0 Å². The number of carbonyl (C=O) groups is 1. The Kier molecular flexibility index (Phi) is 21.1. The molecule has 11 atom stereocenters. The van der Waals surface area contributed by atoms with E-state index in [-0.39, 0.29) is 44.9 Å². The third kappa shape index (κ3) is 17.7. The summed E-state index contributed by atoms with van der Waals surface area (Å²) < 4.78 is 5.42. The zero-order chi connectivity index (χ0) is 34.6. The first-order chi connectivity index (χ1) is 21.7. The minimum Gasteiger partial charge on any atom is -0.459 e. The van der Waals surface area contributed by atoms with Crippen molar-refractivity contribution in [1.29, 1.82) is 0 Å². The number of esters is 1. The van der Waals surface area contributed by atoms with E-state index < -0.39 is 72.9 Å². The molecule has 0 unspecified atom stereocenters. The average Bonchev–Trinajstić information content (AvgIpc) is 2.94. The summed E-state index contributed by atoms with van der Waals surface area (Å²) in [6.45, 7) is 5.18. The number of rotatable bonds is 5. The zero-order valence-electron chi connectivity index (χ0n) is 27.5. The molecule has 46 heavy (non-hydrogen) atoms. The fourth-order valence-electron chi connectivity index (χ4n) is 5.27. The molecule has 1 rings (SSSR count). The molecule has 0 aromatic heterocycles. The first-order valence-corrected chi connectivity index (χ1v) is 16.4. The van der Waals surface area contributed by atoms with Crippen molar-refractivity contribution in [3.05, 3.63) is 60.3 Å². The maximum Gasteiger partial charge on any atom is 0.314 e. The van der Waals surface area contributed by atoms with Crippen molar-refractivity contribution in [2.75, 3.05) is 0 Å². The van der Waals surface area contributed by atoms with E-state index in [1.165, 1.54) is 13.0 Å². The molecule has 0 saturated carbocycles. The topological polar surface area (TPSA) is 208 Å². The molecule has 0 bridgehead atoms. The van der Waals surface area contributed by atoms with Gasteiger partial charge in [0.05, 0.1) is 48.8 Å². The first kappa shape index (κ1) is 41.8. The summed E-state index contributed by atoms with van der Waals surface area (Å²) in [4.78, 5) is 13.1. The zero-order valence-corrected chi connectivity index (χ0v) is 27.5. The third-order valence-corrected chi connectivity index (χ3v) is 8.03. The lowest BCUT2D eigenvalue weighted by Crippen LogP contribution is -2.43. The predicted molar refractivity (Wildman–Crippen MR) is 175 cm³/mol. The summed E-state index contributed by atoms with van der Waals surface area (Å²) in [7, 11) is 0. The Hall–Kier alpha value is -2.19. The van der Waals surface area contributed by atoms with Gasteiger partial charge in [0.15, 0.2) is 0 Å². The van der Waals surface area contributed by atoms with E-state index in [1.54, 1.807) is 55.5 Å². The molecule has 1 aliphatic rings. The number of ether oxygens (including phenoxy) is 1. The SMILES string of the molecule is CCCCC[C@@H](O)[C@H]1C(=O)O[C@H](C)[C@@H](O)\C=C/C=C\C=C/C=C\C=C(\C)[C@@H](O)C[C@H](O)C[C@H](O)C[C@H](O)C[C@H](O)C[C@H](O)C[C@@H]1O. The van der Waals surface area contributed by atoms with Gasteiger partial charge in [0.25, 0.3) is 0 Å². The lowest BCUT2D eigenvalue weighted by molar-refractivity contribution is -0.168. The number of cyclic esters (lactones) is 1. The summed E-state index contributed by atoms with van der Waals surface area (Å²) >= 11 is 0. The summed E-state index contributed by atoms with van der Waals surface area (Å²) in [6.07, 6.45) is 4.69. The maximum atomic E-state index is 13.1. The van der Waals surface area contributed by atoms with Gasteiger partial charge in [0.1, 0.15) is 18.1 Å². The smallest absolute Gasteiger partial charge is 0.314 e. The van der Waals surface area contributed by atoms with Gasteiger partial charge in [-0.05, 0) is 51.5 Å². The van der Waals surface area contributed by atoms with E-state index in [2.05, 4.69) is 0 Å². The maximum absolute atomic E-state index is 13.1. The fourth-order valence-corrected chi connectivity index (χ4v) is 5.27. The quantitative estimate of drug-likeness (QED) is 0.154. The Balaban J connectivity index is 3.14. The van der Waals surface area contributed by atoms with E-state index >= 15 is 0 Å². The van der Waals surface area contributed by atoms with Crippen LogP contribution in [-0.2, 0) is 9.53 Å². The van der Waals surface area contributed by atoms with Crippen molar-refractivity contribution in [1.82, 2.24) is 0 Å². The Labute approximate surface area is 273 Å². The lowest BCUT2D eigenvalue weighted by atomic mass is 9.87. The monoisotopic (exact) mass is 654 g/mol. The number of allylic oxidation sites excluding steroid dienone is 8. The summed E-state index contributed by atoms with van der Waals surface area (Å²) in [5.74, 6) is -2.33. The van der Waals surface area contributed by atoms with E-state index in [1.807, 2.05) is 6.92 Å². The van der Waals surface area contributed by atoms with Crippen LogP contribution in [0.15, 0.2) is 60.3 Å². The molecule has 0 aromatic carbocycles. The molecular weight excluding hydrogens is 596 g/mol. The van der Waals surface area contributed by atoms with Gasteiger partial charge in [-0.15, -0.1) is 0 Å². The van der Waals surface area contributed by atoms with Gasteiger partial charge in [0, 0.05) is 12.8 Å². The highest BCUT2D eigenvalue weighted by atomic mass is 16.6. The Bertz CT molecular complexity index is 991. The number of aliphatic hydroxyl groups excluding tert-OH is 9. The molecule has 11 heteroatoms. The standard InChI is InChI=1S/C35H58O11/c1-4-5-11-16-31(42)34-33(44)22-29(40)20-27(38)18-25(36)17-26(37)19-28(39)21-32(43)23(2)14-12-9-7-6-8-10-13-15-30(41)24(3)46-35(34)45/h6-10,12-15,24-34,36-44H,4-5,11,16-22H2,1-3H3/b7-6-,10-8-,12-9-,15-13-,23-14-/t24-,25+,26-,27+,28-,29+,30+,31-,32+,33+,34-/m1/s1. The number of hydrogen-bond donors (Lipinski definition) is 9. The second kappa shape index (κ2) is 23.2. The molecule has 0 amide bonds. The lowest BCUT2D eigenvalue weighted by Gasteiger charge is -2.29. The van der Waals surface area contributed by atoms with E-state index in [9.17, 15) is 50.8 Å². The minimum absolute atomic E-state index is 0.0162. The van der Waals surface area contributed by atoms with Gasteiger partial charge in [0.2, 0.25) is 0 Å². The number of unbranched alkanes of at least 4 members (excludes halogenated alkanes) is 2. The van der Waals surface area contributed by atoms with Crippen LogP contribution in [0.2, 0.25) is 0 Å². The highest BCUT2D eigenvalue weighted by Crippen LogP contribution is 2.24. The molecule has 1 heterocycles. The Morgan fingerprint density at radius 2 is 1.20 bits per heavy atom. The van der Waals surface area contributed by atoms with Crippen molar-refractivity contribution < 1.29 is 55.5 Å². The molecule has 0 saturated heterocycles. The number of aliphatic hydroxyl groups is 9. The first-order valence-electron chi connectivity index (χ1n) is 16.4. The van der Waals surface area contributed by atoms with Gasteiger partial charge in [-0.25, -0.2) is 0 Å². The van der Waals surface area contributed by atoms with Crippen LogP contribution in [-0.4, -0.2) is 113 Å². The average molecular weight is 655 g/mol. The summed E-state index contributed by atoms with van der Waals surface area (Å²) in [6, 6.07) is 0. The van der Waals surface area contributed by atoms with Gasteiger partial charge in [-0.3, -0.25) is 4.79 Å².